The van der Waals surface area contributed by atoms with Gasteiger partial charge < -0.3 is 5.11 Å². The van der Waals surface area contributed by atoms with Crippen molar-refractivity contribution in [2.75, 3.05) is 0 Å². The predicted molar refractivity (Wildman–Crippen MR) is 153 cm³/mol. The fourth-order valence-electron chi connectivity index (χ4n) is 5.00. The number of hydrogen-bond acceptors (Lipinski definition) is 2. The van der Waals surface area contributed by atoms with Gasteiger partial charge in [-0.25, -0.2) is 0 Å². The molecule has 1 N–H and O–H groups in total. The molecule has 4 rings (SSSR count). The second kappa shape index (κ2) is 11.9. The summed E-state index contributed by atoms with van der Waals surface area (Å²) in [5, 5.41) is 11.9. The summed E-state index contributed by atoms with van der Waals surface area (Å²) in [6.07, 6.45) is 6.55. The van der Waals surface area contributed by atoms with Crippen molar-refractivity contribution in [2.24, 2.45) is 4.99 Å². The minimum atomic E-state index is -0.531. The summed E-state index contributed by atoms with van der Waals surface area (Å²) in [5.74, 6) is 0.288. The lowest BCUT2D eigenvalue weighted by Gasteiger charge is -2.33. The van der Waals surface area contributed by atoms with Crippen LogP contribution in [0.25, 0.3) is 11.1 Å². The summed E-state index contributed by atoms with van der Waals surface area (Å²) >= 11 is 0. The van der Waals surface area contributed by atoms with E-state index >= 15 is 0 Å². The zero-order valence-corrected chi connectivity index (χ0v) is 21.7. The van der Waals surface area contributed by atoms with Crippen molar-refractivity contribution in [1.82, 2.24) is 0 Å². The fourth-order valence-corrected chi connectivity index (χ4v) is 5.00. The van der Waals surface area contributed by atoms with Crippen LogP contribution < -0.4 is 0 Å². The highest BCUT2D eigenvalue weighted by atomic mass is 16.3. The van der Waals surface area contributed by atoms with Gasteiger partial charge in [0.05, 0.1) is 0 Å². The molecule has 0 aliphatic carbocycles. The topological polar surface area (TPSA) is 32.6 Å². The van der Waals surface area contributed by atoms with Crippen molar-refractivity contribution in [3.05, 3.63) is 125 Å². The molecular weight excluding hydrogens is 438 g/mol. The molecule has 4 aromatic carbocycles. The number of aliphatic imine (C=N–C) groups is 1. The molecule has 2 nitrogen and oxygen atoms in total. The second-order valence-corrected chi connectivity index (χ2v) is 9.77. The molecule has 2 heteroatoms. The lowest BCUT2D eigenvalue weighted by molar-refractivity contribution is 0.457. The smallest absolute Gasteiger partial charge is 0.129 e. The van der Waals surface area contributed by atoms with Gasteiger partial charge in [-0.1, -0.05) is 129 Å². The van der Waals surface area contributed by atoms with Crippen molar-refractivity contribution in [3.8, 4) is 16.9 Å². The average molecular weight is 476 g/mol. The van der Waals surface area contributed by atoms with E-state index in [2.05, 4.69) is 93.6 Å². The molecule has 184 valence electrons. The van der Waals surface area contributed by atoms with Crippen LogP contribution in [0.3, 0.4) is 0 Å². The second-order valence-electron chi connectivity index (χ2n) is 9.77. The van der Waals surface area contributed by atoms with E-state index in [0.717, 1.165) is 39.8 Å². The van der Waals surface area contributed by atoms with Gasteiger partial charge in [-0.05, 0) is 42.5 Å². The maximum atomic E-state index is 11.9. The lowest BCUT2D eigenvalue weighted by atomic mass is 9.70. The molecule has 1 unspecified atom stereocenters. The van der Waals surface area contributed by atoms with Crippen molar-refractivity contribution in [1.29, 1.82) is 0 Å². The summed E-state index contributed by atoms with van der Waals surface area (Å²) in [6, 6.07) is 35.6. The first-order valence-corrected chi connectivity index (χ1v) is 13.1. The van der Waals surface area contributed by atoms with E-state index < -0.39 is 5.41 Å². The van der Waals surface area contributed by atoms with Crippen LogP contribution in [0, 0.1) is 0 Å². The van der Waals surface area contributed by atoms with Crippen LogP contribution in [0.2, 0.25) is 0 Å². The number of hydrogen-bond donors (Lipinski definition) is 1. The van der Waals surface area contributed by atoms with Crippen LogP contribution >= 0.6 is 0 Å². The van der Waals surface area contributed by atoms with E-state index in [0.29, 0.717) is 0 Å². The van der Waals surface area contributed by atoms with E-state index in [1.165, 1.54) is 19.3 Å². The van der Waals surface area contributed by atoms with Crippen LogP contribution in [0.4, 0.5) is 0 Å². The van der Waals surface area contributed by atoms with E-state index in [4.69, 9.17) is 4.99 Å². The molecule has 1 atom stereocenters. The summed E-state index contributed by atoms with van der Waals surface area (Å²) in [5.41, 5.74) is 5.45. The molecule has 0 amide bonds. The number of nitrogens with zero attached hydrogens (tertiary/aromatic N) is 1. The molecule has 0 aliphatic heterocycles. The van der Waals surface area contributed by atoms with Crippen molar-refractivity contribution in [3.63, 3.8) is 0 Å². The Morgan fingerprint density at radius 3 is 1.89 bits per heavy atom. The quantitative estimate of drug-likeness (QED) is 0.139. The maximum absolute atomic E-state index is 11.9. The molecule has 0 saturated carbocycles. The minimum absolute atomic E-state index is 0.206. The Bertz CT molecular complexity index is 1220. The van der Waals surface area contributed by atoms with Gasteiger partial charge in [-0.15, -0.1) is 0 Å². The maximum Gasteiger partial charge on any atom is 0.129 e. The highest BCUT2D eigenvalue weighted by Crippen LogP contribution is 2.45. The van der Waals surface area contributed by atoms with Crippen molar-refractivity contribution in [2.45, 2.75) is 57.9 Å². The zero-order valence-electron chi connectivity index (χ0n) is 21.7. The normalized spacial score (nSPS) is 12.6. The molecule has 4 aromatic rings. The Balaban J connectivity index is 1.88. The SMILES string of the molecule is CCCCCC(C)N=Cc1c(-c2ccccc2)ccc(C(C)(c2ccccc2)c2ccccc2)c1O. The molecule has 0 aliphatic rings. The summed E-state index contributed by atoms with van der Waals surface area (Å²) in [6.45, 7) is 6.58. The van der Waals surface area contributed by atoms with Crippen LogP contribution in [0.15, 0.2) is 108 Å². The van der Waals surface area contributed by atoms with Gasteiger partial charge >= 0.3 is 0 Å². The average Bonchev–Trinajstić information content (AvgIpc) is 2.93. The first-order chi connectivity index (χ1) is 17.6. The highest BCUT2D eigenvalue weighted by Gasteiger charge is 2.34. The molecule has 0 aromatic heterocycles. The molecule has 0 fully saturated rings. The number of rotatable bonds is 10. The molecule has 0 saturated heterocycles. The van der Waals surface area contributed by atoms with E-state index in [9.17, 15) is 5.11 Å². The molecule has 0 radical (unpaired) electrons. The van der Waals surface area contributed by atoms with Crippen LogP contribution in [0.5, 0.6) is 5.75 Å². The van der Waals surface area contributed by atoms with E-state index in [1.807, 2.05) is 36.5 Å². The third kappa shape index (κ3) is 5.44. The predicted octanol–water partition coefficient (Wildman–Crippen LogP) is 8.80. The molecule has 0 spiro atoms. The molecule has 0 bridgehead atoms. The standard InChI is InChI=1S/C34H37NO/c1-4-5-9-16-26(2)35-25-31-30(27-17-10-6-11-18-27)23-24-32(33(31)36)34(3,28-19-12-7-13-20-28)29-21-14-8-15-22-29/h6-8,10-15,17-26,36H,4-5,9,16H2,1-3H3. The van der Waals surface area contributed by atoms with Crippen LogP contribution in [-0.4, -0.2) is 17.4 Å². The number of phenols is 1. The van der Waals surface area contributed by atoms with Gasteiger partial charge in [0, 0.05) is 28.8 Å². The van der Waals surface area contributed by atoms with Crippen molar-refractivity contribution >= 4 is 6.21 Å². The largest absolute Gasteiger partial charge is 0.507 e. The number of aromatic hydroxyl groups is 1. The first-order valence-electron chi connectivity index (χ1n) is 13.1. The highest BCUT2D eigenvalue weighted by molar-refractivity contribution is 5.94. The zero-order chi connectivity index (χ0) is 25.4. The third-order valence-electron chi connectivity index (χ3n) is 7.23. The summed E-state index contributed by atoms with van der Waals surface area (Å²) in [4.78, 5) is 4.90. The van der Waals surface area contributed by atoms with Gasteiger partial charge in [0.2, 0.25) is 0 Å². The fraction of sp³-hybridized carbons (Fsp3) is 0.265. The van der Waals surface area contributed by atoms with Gasteiger partial charge in [0.25, 0.3) is 0 Å². The Kier molecular flexibility index (Phi) is 8.38. The Morgan fingerprint density at radius 2 is 1.33 bits per heavy atom. The minimum Gasteiger partial charge on any atom is -0.507 e. The molecule has 0 heterocycles. The summed E-state index contributed by atoms with van der Waals surface area (Å²) < 4.78 is 0. The monoisotopic (exact) mass is 475 g/mol. The number of unbranched alkanes of at least 4 members (excludes halogenated alkanes) is 2. The van der Waals surface area contributed by atoms with Crippen LogP contribution in [0.1, 0.15) is 68.7 Å². The third-order valence-corrected chi connectivity index (χ3v) is 7.23. The Labute approximate surface area is 216 Å². The van der Waals surface area contributed by atoms with Gasteiger partial charge in [0.15, 0.2) is 0 Å². The van der Waals surface area contributed by atoms with Gasteiger partial charge in [-0.3, -0.25) is 4.99 Å². The molecular formula is C34H37NO. The Hall–Kier alpha value is -3.65. The number of phenolic OH excluding ortho intramolecular Hbond substituents is 1. The summed E-state index contributed by atoms with van der Waals surface area (Å²) in [7, 11) is 0. The van der Waals surface area contributed by atoms with E-state index in [1.54, 1.807) is 0 Å². The van der Waals surface area contributed by atoms with Crippen molar-refractivity contribution < 1.29 is 5.11 Å². The van der Waals surface area contributed by atoms with Crippen LogP contribution in [-0.2, 0) is 5.41 Å². The van der Waals surface area contributed by atoms with Gasteiger partial charge in [0.1, 0.15) is 5.75 Å². The first kappa shape index (κ1) is 25.4. The molecule has 36 heavy (non-hydrogen) atoms. The lowest BCUT2D eigenvalue weighted by Crippen LogP contribution is -2.25. The van der Waals surface area contributed by atoms with Gasteiger partial charge in [-0.2, -0.15) is 0 Å². The Morgan fingerprint density at radius 1 is 0.778 bits per heavy atom. The van der Waals surface area contributed by atoms with E-state index in [-0.39, 0.29) is 11.8 Å². The number of benzene rings is 4.